The van der Waals surface area contributed by atoms with Crippen molar-refractivity contribution in [1.29, 1.82) is 0 Å². The van der Waals surface area contributed by atoms with Crippen LogP contribution in [0.25, 0.3) is 0 Å². The van der Waals surface area contributed by atoms with Crippen molar-refractivity contribution in [2.45, 2.75) is 25.8 Å². The number of hydrogen-bond acceptors (Lipinski definition) is 4. The molecule has 0 amide bonds. The van der Waals surface area contributed by atoms with Gasteiger partial charge in [-0.15, -0.1) is 0 Å². The van der Waals surface area contributed by atoms with Crippen molar-refractivity contribution >= 4 is 5.97 Å². The number of methoxy groups -OCH3 is 1. The van der Waals surface area contributed by atoms with Crippen molar-refractivity contribution in [3.8, 4) is 0 Å². The second-order valence-electron chi connectivity index (χ2n) is 3.21. The van der Waals surface area contributed by atoms with Crippen LogP contribution in [-0.2, 0) is 14.3 Å². The first-order valence-corrected chi connectivity index (χ1v) is 5.25. The summed E-state index contributed by atoms with van der Waals surface area (Å²) in [5.74, 6) is -0.794. The summed E-state index contributed by atoms with van der Waals surface area (Å²) < 4.78 is 10.1. The maximum atomic E-state index is 10.6. The molecule has 0 heterocycles. The van der Waals surface area contributed by atoms with Crippen LogP contribution in [0.3, 0.4) is 0 Å². The minimum atomic E-state index is -0.794. The quantitative estimate of drug-likeness (QED) is 0.523. The molecule has 0 rings (SSSR count). The molecule has 15 heavy (non-hydrogen) atoms. The summed E-state index contributed by atoms with van der Waals surface area (Å²) in [6.07, 6.45) is 1.41. The number of aliphatic carboxylic acids is 1. The largest absolute Gasteiger partial charge is 0.480 e. The maximum absolute atomic E-state index is 10.6. The van der Waals surface area contributed by atoms with E-state index in [0.29, 0.717) is 32.8 Å². The Morgan fingerprint density at radius 2 is 2.13 bits per heavy atom. The van der Waals surface area contributed by atoms with E-state index in [4.69, 9.17) is 14.6 Å². The van der Waals surface area contributed by atoms with E-state index in [1.807, 2.05) is 6.92 Å². The third-order valence-electron chi connectivity index (χ3n) is 1.99. The van der Waals surface area contributed by atoms with Crippen LogP contribution >= 0.6 is 0 Å². The van der Waals surface area contributed by atoms with Gasteiger partial charge in [-0.25, -0.2) is 0 Å². The molecule has 0 aliphatic heterocycles. The smallest absolute Gasteiger partial charge is 0.320 e. The van der Waals surface area contributed by atoms with Crippen molar-refractivity contribution in [1.82, 2.24) is 5.32 Å². The Kier molecular flexibility index (Phi) is 9.46. The first kappa shape index (κ1) is 14.3. The fraction of sp³-hybridized carbons (Fsp3) is 0.900. The van der Waals surface area contributed by atoms with E-state index in [0.717, 1.165) is 6.42 Å². The predicted octanol–water partition coefficient (Wildman–Crippen LogP) is 0.492. The minimum Gasteiger partial charge on any atom is -0.480 e. The van der Waals surface area contributed by atoms with Crippen molar-refractivity contribution in [2.24, 2.45) is 0 Å². The fourth-order valence-corrected chi connectivity index (χ4v) is 1.10. The first-order valence-electron chi connectivity index (χ1n) is 5.25. The molecule has 90 valence electrons. The Morgan fingerprint density at radius 1 is 1.40 bits per heavy atom. The van der Waals surface area contributed by atoms with Gasteiger partial charge in [-0.2, -0.15) is 0 Å². The van der Waals surface area contributed by atoms with Crippen molar-refractivity contribution in [3.05, 3.63) is 0 Å². The number of carboxylic acid groups (broad SMARTS) is 1. The van der Waals surface area contributed by atoms with Crippen molar-refractivity contribution < 1.29 is 19.4 Å². The number of nitrogens with one attached hydrogen (secondary N) is 1. The van der Waals surface area contributed by atoms with Crippen LogP contribution in [0.15, 0.2) is 0 Å². The van der Waals surface area contributed by atoms with Gasteiger partial charge < -0.3 is 19.9 Å². The number of carboxylic acids is 1. The van der Waals surface area contributed by atoms with Gasteiger partial charge in [0.05, 0.1) is 13.2 Å². The van der Waals surface area contributed by atoms with Crippen LogP contribution in [0.5, 0.6) is 0 Å². The van der Waals surface area contributed by atoms with E-state index in [-0.39, 0.29) is 0 Å². The average Bonchev–Trinajstić information content (AvgIpc) is 2.21. The van der Waals surface area contributed by atoms with E-state index in [1.165, 1.54) is 0 Å². The van der Waals surface area contributed by atoms with Gasteiger partial charge in [0.15, 0.2) is 0 Å². The predicted molar refractivity (Wildman–Crippen MR) is 57.0 cm³/mol. The summed E-state index contributed by atoms with van der Waals surface area (Å²) in [7, 11) is 1.63. The molecule has 0 aliphatic carbocycles. The molecule has 0 fully saturated rings. The number of carbonyl (C=O) groups is 1. The van der Waals surface area contributed by atoms with Gasteiger partial charge in [0.2, 0.25) is 0 Å². The first-order chi connectivity index (χ1) is 7.22. The molecule has 5 heteroatoms. The van der Waals surface area contributed by atoms with Gasteiger partial charge >= 0.3 is 5.97 Å². The Morgan fingerprint density at radius 3 is 2.67 bits per heavy atom. The zero-order valence-electron chi connectivity index (χ0n) is 9.49. The Balaban J connectivity index is 3.25. The highest BCUT2D eigenvalue weighted by molar-refractivity contribution is 5.73. The zero-order chi connectivity index (χ0) is 11.5. The zero-order valence-corrected chi connectivity index (χ0v) is 9.49. The molecule has 1 unspecified atom stereocenters. The third kappa shape index (κ3) is 8.35. The maximum Gasteiger partial charge on any atom is 0.320 e. The number of ether oxygens (including phenoxy) is 2. The van der Waals surface area contributed by atoms with Crippen LogP contribution in [0.1, 0.15) is 19.8 Å². The summed E-state index contributed by atoms with van der Waals surface area (Å²) in [4.78, 5) is 10.6. The second kappa shape index (κ2) is 9.89. The molecule has 0 saturated heterocycles. The lowest BCUT2D eigenvalue weighted by Crippen LogP contribution is -2.36. The molecule has 0 radical (unpaired) electrons. The molecule has 2 N–H and O–H groups in total. The van der Waals surface area contributed by atoms with Crippen LogP contribution in [-0.4, -0.2) is 50.6 Å². The van der Waals surface area contributed by atoms with Gasteiger partial charge in [0, 0.05) is 13.7 Å². The van der Waals surface area contributed by atoms with Crippen LogP contribution < -0.4 is 5.32 Å². The van der Waals surface area contributed by atoms with Crippen LogP contribution in [0.2, 0.25) is 0 Å². The Hall–Kier alpha value is -0.650. The van der Waals surface area contributed by atoms with Gasteiger partial charge in [-0.1, -0.05) is 6.92 Å². The summed E-state index contributed by atoms with van der Waals surface area (Å²) in [5.41, 5.74) is 0. The van der Waals surface area contributed by atoms with E-state index in [2.05, 4.69) is 5.32 Å². The normalized spacial score (nSPS) is 12.7. The number of rotatable bonds is 10. The highest BCUT2D eigenvalue weighted by Gasteiger charge is 2.12. The molecule has 5 nitrogen and oxygen atoms in total. The number of hydrogen-bond donors (Lipinski definition) is 2. The highest BCUT2D eigenvalue weighted by Crippen LogP contribution is 1.91. The van der Waals surface area contributed by atoms with Crippen molar-refractivity contribution in [3.63, 3.8) is 0 Å². The monoisotopic (exact) mass is 219 g/mol. The molecule has 0 bridgehead atoms. The van der Waals surface area contributed by atoms with Crippen LogP contribution in [0, 0.1) is 0 Å². The lowest BCUT2D eigenvalue weighted by molar-refractivity contribution is -0.139. The van der Waals surface area contributed by atoms with Gasteiger partial charge in [-0.3, -0.25) is 4.79 Å². The highest BCUT2D eigenvalue weighted by atomic mass is 16.5. The van der Waals surface area contributed by atoms with E-state index < -0.39 is 12.0 Å². The molecular formula is C10H21NO4. The van der Waals surface area contributed by atoms with Gasteiger partial charge in [0.1, 0.15) is 6.04 Å². The van der Waals surface area contributed by atoms with E-state index in [9.17, 15) is 4.79 Å². The summed E-state index contributed by atoms with van der Waals surface area (Å²) in [6.45, 7) is 4.33. The van der Waals surface area contributed by atoms with E-state index in [1.54, 1.807) is 7.11 Å². The van der Waals surface area contributed by atoms with E-state index >= 15 is 0 Å². The second-order valence-corrected chi connectivity index (χ2v) is 3.21. The molecule has 0 aliphatic rings. The molecule has 0 saturated carbocycles. The molecule has 0 aromatic heterocycles. The molecule has 0 aromatic rings. The SMILES string of the molecule is CCC(NCCCOCCOC)C(=O)O. The van der Waals surface area contributed by atoms with Crippen molar-refractivity contribution in [2.75, 3.05) is 33.5 Å². The molecule has 1 atom stereocenters. The average molecular weight is 219 g/mol. The Labute approximate surface area is 90.8 Å². The summed E-state index contributed by atoms with van der Waals surface area (Å²) >= 11 is 0. The summed E-state index contributed by atoms with van der Waals surface area (Å²) in [5, 5.41) is 11.7. The Bertz CT molecular complexity index is 164. The standard InChI is InChI=1S/C10H21NO4/c1-3-9(10(12)13)11-5-4-6-15-8-7-14-2/h9,11H,3-8H2,1-2H3,(H,12,13). The topological polar surface area (TPSA) is 67.8 Å². The molecule has 0 aromatic carbocycles. The lowest BCUT2D eigenvalue weighted by Gasteiger charge is -2.11. The summed E-state index contributed by atoms with van der Waals surface area (Å²) in [6, 6.07) is -0.441. The third-order valence-corrected chi connectivity index (χ3v) is 1.99. The van der Waals surface area contributed by atoms with Gasteiger partial charge in [-0.05, 0) is 19.4 Å². The minimum absolute atomic E-state index is 0.441. The lowest BCUT2D eigenvalue weighted by atomic mass is 10.2. The van der Waals surface area contributed by atoms with Crippen LogP contribution in [0.4, 0.5) is 0 Å². The fourth-order valence-electron chi connectivity index (χ4n) is 1.10. The molecular weight excluding hydrogens is 198 g/mol. The van der Waals surface area contributed by atoms with Gasteiger partial charge in [0.25, 0.3) is 0 Å². The molecule has 0 spiro atoms.